The molecular formula is C20H20F3N3O4S. The Labute approximate surface area is 180 Å². The van der Waals surface area contributed by atoms with Crippen LogP contribution in [-0.2, 0) is 4.74 Å². The molecule has 166 valence electrons. The predicted molar refractivity (Wildman–Crippen MR) is 109 cm³/mol. The third kappa shape index (κ3) is 5.25. The van der Waals surface area contributed by atoms with Crippen LogP contribution in [0.25, 0.3) is 0 Å². The van der Waals surface area contributed by atoms with Crippen LogP contribution < -0.4 is 5.84 Å². The van der Waals surface area contributed by atoms with E-state index in [1.165, 1.54) is 11.8 Å². The predicted octanol–water partition coefficient (Wildman–Crippen LogP) is 1.44. The molecule has 0 radical (unpaired) electrons. The summed E-state index contributed by atoms with van der Waals surface area (Å²) in [6, 6.07) is 9.25. The molecule has 2 aromatic rings. The molecule has 3 unspecified atom stereocenters. The highest BCUT2D eigenvalue weighted by atomic mass is 32.2. The molecule has 11 heteroatoms. The Morgan fingerprint density at radius 2 is 1.74 bits per heavy atom. The molecule has 5 atom stereocenters. The number of hydrogen-bond donors (Lipinski definition) is 4. The molecular weight excluding hydrogens is 435 g/mol. The van der Waals surface area contributed by atoms with Crippen LogP contribution in [0, 0.1) is 17.5 Å². The zero-order valence-electron chi connectivity index (χ0n) is 16.0. The lowest BCUT2D eigenvalue weighted by atomic mass is 9.98. The van der Waals surface area contributed by atoms with Gasteiger partial charge in [-0.05, 0) is 24.3 Å². The van der Waals surface area contributed by atoms with E-state index in [1.54, 1.807) is 24.3 Å². The highest BCUT2D eigenvalue weighted by Crippen LogP contribution is 2.34. The van der Waals surface area contributed by atoms with Crippen molar-refractivity contribution in [3.8, 4) is 0 Å². The lowest BCUT2D eigenvalue weighted by Crippen LogP contribution is -2.56. The van der Waals surface area contributed by atoms with Gasteiger partial charge in [-0.25, -0.2) is 13.2 Å². The molecule has 5 N–H and O–H groups in total. The van der Waals surface area contributed by atoms with Gasteiger partial charge in [-0.15, -0.1) is 0 Å². The first-order chi connectivity index (χ1) is 14.8. The minimum Gasteiger partial charge on any atom is -0.394 e. The van der Waals surface area contributed by atoms with Gasteiger partial charge in [0.05, 0.1) is 6.61 Å². The molecule has 31 heavy (non-hydrogen) atoms. The maximum atomic E-state index is 13.5. The van der Waals surface area contributed by atoms with Gasteiger partial charge in [0.15, 0.2) is 17.5 Å². The van der Waals surface area contributed by atoms with Gasteiger partial charge in [0.2, 0.25) is 0 Å². The SMILES string of the molecule is NN=C(C=NC1C(O)[C@@H](Sc2ccccc2)OC(CO)[C@@H]1O)c1cc(F)c(F)c(F)c1. The summed E-state index contributed by atoms with van der Waals surface area (Å²) in [4.78, 5) is 4.87. The molecule has 1 saturated heterocycles. The monoisotopic (exact) mass is 455 g/mol. The maximum Gasteiger partial charge on any atom is 0.194 e. The zero-order valence-corrected chi connectivity index (χ0v) is 16.8. The van der Waals surface area contributed by atoms with Crippen molar-refractivity contribution >= 4 is 23.7 Å². The van der Waals surface area contributed by atoms with Crippen LogP contribution in [0.5, 0.6) is 0 Å². The van der Waals surface area contributed by atoms with Crippen LogP contribution in [-0.4, -0.2) is 63.6 Å². The van der Waals surface area contributed by atoms with Crippen molar-refractivity contribution in [1.82, 2.24) is 0 Å². The van der Waals surface area contributed by atoms with E-state index in [-0.39, 0.29) is 11.3 Å². The molecule has 2 aromatic carbocycles. The Morgan fingerprint density at radius 1 is 1.10 bits per heavy atom. The fraction of sp³-hybridized carbons (Fsp3) is 0.300. The third-order valence-corrected chi connectivity index (χ3v) is 5.80. The average molecular weight is 455 g/mol. The molecule has 0 amide bonds. The van der Waals surface area contributed by atoms with Gasteiger partial charge in [0.25, 0.3) is 0 Å². The Kier molecular flexibility index (Phi) is 7.68. The lowest BCUT2D eigenvalue weighted by Gasteiger charge is -2.40. The van der Waals surface area contributed by atoms with E-state index in [2.05, 4.69) is 10.1 Å². The summed E-state index contributed by atoms with van der Waals surface area (Å²) in [6.45, 7) is -0.530. The second-order valence-corrected chi connectivity index (χ2v) is 7.85. The Morgan fingerprint density at radius 3 is 2.32 bits per heavy atom. The fourth-order valence-corrected chi connectivity index (χ4v) is 4.10. The number of aliphatic imine (C=N–C) groups is 1. The van der Waals surface area contributed by atoms with E-state index in [4.69, 9.17) is 10.6 Å². The molecule has 1 aliphatic rings. The summed E-state index contributed by atoms with van der Waals surface area (Å²) in [6.07, 6.45) is -2.72. The van der Waals surface area contributed by atoms with Crippen molar-refractivity contribution in [2.75, 3.05) is 6.61 Å². The van der Waals surface area contributed by atoms with E-state index in [0.717, 1.165) is 11.1 Å². The van der Waals surface area contributed by atoms with Crippen LogP contribution in [0.3, 0.4) is 0 Å². The van der Waals surface area contributed by atoms with Crippen molar-refractivity contribution < 1.29 is 33.2 Å². The van der Waals surface area contributed by atoms with Crippen molar-refractivity contribution in [2.45, 2.75) is 34.7 Å². The number of ether oxygens (including phenoxy) is 1. The molecule has 0 bridgehead atoms. The number of thioether (sulfide) groups is 1. The Hall–Kier alpha value is -2.44. The maximum absolute atomic E-state index is 13.5. The molecule has 0 spiro atoms. The highest BCUT2D eigenvalue weighted by molar-refractivity contribution is 7.99. The molecule has 0 saturated carbocycles. The topological polar surface area (TPSA) is 121 Å². The average Bonchev–Trinajstić information content (AvgIpc) is 2.77. The smallest absolute Gasteiger partial charge is 0.194 e. The quantitative estimate of drug-likeness (QED) is 0.226. The van der Waals surface area contributed by atoms with E-state index in [1.807, 2.05) is 6.07 Å². The van der Waals surface area contributed by atoms with Crippen molar-refractivity contribution in [3.63, 3.8) is 0 Å². The Balaban J connectivity index is 1.85. The number of nitrogens with zero attached hydrogens (tertiary/aromatic N) is 2. The van der Waals surface area contributed by atoms with Gasteiger partial charge < -0.3 is 25.9 Å². The number of benzene rings is 2. The number of aliphatic hydroxyl groups excluding tert-OH is 3. The largest absolute Gasteiger partial charge is 0.394 e. The second-order valence-electron chi connectivity index (χ2n) is 6.67. The van der Waals surface area contributed by atoms with Gasteiger partial charge in [0.1, 0.15) is 35.5 Å². The van der Waals surface area contributed by atoms with Crippen LogP contribution in [0.15, 0.2) is 57.5 Å². The lowest BCUT2D eigenvalue weighted by molar-refractivity contribution is -0.159. The summed E-state index contributed by atoms with van der Waals surface area (Å²) in [5, 5.41) is 34.1. The molecule has 7 nitrogen and oxygen atoms in total. The second kappa shape index (κ2) is 10.2. The van der Waals surface area contributed by atoms with Crippen molar-refractivity contribution in [2.24, 2.45) is 15.9 Å². The summed E-state index contributed by atoms with van der Waals surface area (Å²) in [5.41, 5.74) is -1.27. The number of nitrogens with two attached hydrogens (primary N) is 1. The van der Waals surface area contributed by atoms with Crippen molar-refractivity contribution in [1.29, 1.82) is 0 Å². The number of rotatable bonds is 6. The highest BCUT2D eigenvalue weighted by Gasteiger charge is 2.44. The van der Waals surface area contributed by atoms with Gasteiger partial charge in [-0.1, -0.05) is 30.0 Å². The third-order valence-electron chi connectivity index (χ3n) is 4.63. The zero-order chi connectivity index (χ0) is 22.5. The standard InChI is InChI=1S/C20H20F3N3O4S/c21-12-6-10(7-13(22)16(12)23)14(26-24)8-25-17-18(28)15(9-27)30-20(19(17)29)31-11-4-2-1-3-5-11/h1-8,15,17-20,27-29H,9,24H2/t15?,17?,18-,19?,20+/m0/s1. The molecule has 1 fully saturated rings. The minimum absolute atomic E-state index is 0.187. The minimum atomic E-state index is -1.64. The van der Waals surface area contributed by atoms with E-state index < -0.39 is 53.8 Å². The fourth-order valence-electron chi connectivity index (χ4n) is 3.02. The first-order valence-corrected chi connectivity index (χ1v) is 10.0. The summed E-state index contributed by atoms with van der Waals surface area (Å²) < 4.78 is 45.9. The van der Waals surface area contributed by atoms with Gasteiger partial charge in [-0.3, -0.25) is 4.99 Å². The van der Waals surface area contributed by atoms with Crippen LogP contribution in [0.2, 0.25) is 0 Å². The first kappa shape index (κ1) is 23.2. The molecule has 0 aliphatic carbocycles. The summed E-state index contributed by atoms with van der Waals surface area (Å²) in [7, 11) is 0. The van der Waals surface area contributed by atoms with Gasteiger partial charge in [0, 0.05) is 16.7 Å². The van der Waals surface area contributed by atoms with Crippen molar-refractivity contribution in [3.05, 3.63) is 65.5 Å². The summed E-state index contributed by atoms with van der Waals surface area (Å²) in [5.74, 6) is 0.765. The van der Waals surface area contributed by atoms with Crippen LogP contribution >= 0.6 is 11.8 Å². The Bertz CT molecular complexity index is 941. The molecule has 3 rings (SSSR count). The van der Waals surface area contributed by atoms with Crippen LogP contribution in [0.4, 0.5) is 13.2 Å². The van der Waals surface area contributed by atoms with E-state index >= 15 is 0 Å². The molecule has 0 aromatic heterocycles. The van der Waals surface area contributed by atoms with Gasteiger partial charge >= 0.3 is 0 Å². The van der Waals surface area contributed by atoms with Crippen LogP contribution in [0.1, 0.15) is 5.56 Å². The number of hydrogen-bond acceptors (Lipinski definition) is 8. The number of aliphatic hydroxyl groups is 3. The summed E-state index contributed by atoms with van der Waals surface area (Å²) >= 11 is 1.18. The first-order valence-electron chi connectivity index (χ1n) is 9.15. The van der Waals surface area contributed by atoms with Gasteiger partial charge in [-0.2, -0.15) is 5.10 Å². The van der Waals surface area contributed by atoms with E-state index in [9.17, 15) is 28.5 Å². The molecule has 1 heterocycles. The molecule has 1 aliphatic heterocycles. The number of halogens is 3. The number of hydrazone groups is 1. The van der Waals surface area contributed by atoms with E-state index in [0.29, 0.717) is 12.1 Å². The normalized spacial score (nSPS) is 27.0.